The van der Waals surface area contributed by atoms with E-state index in [0.717, 1.165) is 26.2 Å². The predicted octanol–water partition coefficient (Wildman–Crippen LogP) is 0.717. The van der Waals surface area contributed by atoms with Crippen molar-refractivity contribution >= 4 is 17.7 Å². The molecule has 0 radical (unpaired) electrons. The van der Waals surface area contributed by atoms with Crippen LogP contribution in [0.25, 0.3) is 0 Å². The van der Waals surface area contributed by atoms with Gasteiger partial charge in [-0.3, -0.25) is 4.79 Å². The maximum Gasteiger partial charge on any atom is 0.224 e. The van der Waals surface area contributed by atoms with Gasteiger partial charge in [0.1, 0.15) is 0 Å². The minimum atomic E-state index is 0.205. The molecular weight excluding hydrogens is 236 g/mol. The zero-order valence-corrected chi connectivity index (χ0v) is 11.5. The number of nitrogens with one attached hydrogen (secondary N) is 1. The summed E-state index contributed by atoms with van der Waals surface area (Å²) in [5, 5.41) is 4.44. The van der Waals surface area contributed by atoms with Crippen molar-refractivity contribution < 1.29 is 9.53 Å². The zero-order valence-electron chi connectivity index (χ0n) is 10.6. The van der Waals surface area contributed by atoms with Crippen LogP contribution in [0.4, 0.5) is 0 Å². The molecule has 0 bridgehead atoms. The van der Waals surface area contributed by atoms with E-state index in [1.54, 1.807) is 0 Å². The van der Waals surface area contributed by atoms with Gasteiger partial charge in [0.15, 0.2) is 0 Å². The van der Waals surface area contributed by atoms with Crippen molar-refractivity contribution in [2.24, 2.45) is 0 Å². The Balaban J connectivity index is 1.81. The van der Waals surface area contributed by atoms with Gasteiger partial charge in [-0.05, 0) is 0 Å². The lowest BCUT2D eigenvalue weighted by atomic mass is 10.1. The van der Waals surface area contributed by atoms with Crippen LogP contribution < -0.4 is 5.32 Å². The SMILES string of the molecule is CC1CN(C(=O)CC2COCCN2)CC(C)S1. The van der Waals surface area contributed by atoms with Gasteiger partial charge in [0.05, 0.1) is 13.2 Å². The number of nitrogens with zero attached hydrogens (tertiary/aromatic N) is 1. The van der Waals surface area contributed by atoms with Crippen molar-refractivity contribution in [2.75, 3.05) is 32.8 Å². The summed E-state index contributed by atoms with van der Waals surface area (Å²) < 4.78 is 5.38. The highest BCUT2D eigenvalue weighted by Gasteiger charge is 2.27. The Morgan fingerprint density at radius 1 is 1.41 bits per heavy atom. The van der Waals surface area contributed by atoms with Gasteiger partial charge < -0.3 is 15.0 Å². The van der Waals surface area contributed by atoms with Crippen LogP contribution in [0.3, 0.4) is 0 Å². The minimum Gasteiger partial charge on any atom is -0.378 e. The summed E-state index contributed by atoms with van der Waals surface area (Å²) in [6.45, 7) is 8.47. The van der Waals surface area contributed by atoms with Gasteiger partial charge in [0.25, 0.3) is 0 Å². The molecule has 0 saturated carbocycles. The molecule has 1 N–H and O–H groups in total. The molecule has 4 nitrogen and oxygen atoms in total. The van der Waals surface area contributed by atoms with Crippen molar-refractivity contribution in [1.82, 2.24) is 10.2 Å². The molecule has 3 unspecified atom stereocenters. The molecule has 2 aliphatic rings. The number of thioether (sulfide) groups is 1. The maximum atomic E-state index is 12.2. The highest BCUT2D eigenvalue weighted by Crippen LogP contribution is 2.25. The molecule has 0 aromatic carbocycles. The number of hydrogen-bond acceptors (Lipinski definition) is 4. The molecule has 0 aromatic heterocycles. The summed E-state index contributed by atoms with van der Waals surface area (Å²) in [5.74, 6) is 0.270. The third kappa shape index (κ3) is 3.86. The number of morpholine rings is 1. The Morgan fingerprint density at radius 3 is 2.71 bits per heavy atom. The standard InChI is InChI=1S/C12H22N2O2S/c1-9-6-14(7-10(2)17-9)12(15)5-11-8-16-4-3-13-11/h9-11,13H,3-8H2,1-2H3. The average molecular weight is 258 g/mol. The largest absolute Gasteiger partial charge is 0.378 e. The quantitative estimate of drug-likeness (QED) is 0.792. The van der Waals surface area contributed by atoms with E-state index in [1.807, 2.05) is 16.7 Å². The molecule has 1 amide bonds. The molecular formula is C12H22N2O2S. The normalized spacial score (nSPS) is 34.7. The van der Waals surface area contributed by atoms with E-state index in [4.69, 9.17) is 4.74 Å². The molecule has 5 heteroatoms. The fraction of sp³-hybridized carbons (Fsp3) is 0.917. The fourth-order valence-electron chi connectivity index (χ4n) is 2.47. The van der Waals surface area contributed by atoms with Crippen LogP contribution in [0.5, 0.6) is 0 Å². The molecule has 17 heavy (non-hydrogen) atoms. The molecule has 2 heterocycles. The summed E-state index contributed by atoms with van der Waals surface area (Å²) in [6, 6.07) is 0.205. The highest BCUT2D eigenvalue weighted by atomic mass is 32.2. The van der Waals surface area contributed by atoms with E-state index in [0.29, 0.717) is 23.5 Å². The Labute approximate surface area is 107 Å². The topological polar surface area (TPSA) is 41.6 Å². The number of ether oxygens (including phenoxy) is 1. The van der Waals surface area contributed by atoms with Gasteiger partial charge in [-0.1, -0.05) is 13.8 Å². The lowest BCUT2D eigenvalue weighted by Gasteiger charge is -2.35. The first-order chi connectivity index (χ1) is 8.15. The molecule has 2 rings (SSSR count). The van der Waals surface area contributed by atoms with Gasteiger partial charge >= 0.3 is 0 Å². The first-order valence-electron chi connectivity index (χ1n) is 6.39. The molecule has 2 fully saturated rings. The third-order valence-corrected chi connectivity index (χ3v) is 4.42. The van der Waals surface area contributed by atoms with Crippen molar-refractivity contribution in [3.63, 3.8) is 0 Å². The molecule has 98 valence electrons. The number of hydrogen-bond donors (Lipinski definition) is 1. The minimum absolute atomic E-state index is 0.205. The van der Waals surface area contributed by atoms with Gasteiger partial charge in [-0.25, -0.2) is 0 Å². The van der Waals surface area contributed by atoms with Gasteiger partial charge in [0.2, 0.25) is 5.91 Å². The van der Waals surface area contributed by atoms with Crippen LogP contribution in [0.15, 0.2) is 0 Å². The number of carbonyl (C=O) groups is 1. The van der Waals surface area contributed by atoms with Gasteiger partial charge in [-0.2, -0.15) is 11.8 Å². The van der Waals surface area contributed by atoms with Crippen LogP contribution in [0, 0.1) is 0 Å². The van der Waals surface area contributed by atoms with Crippen LogP contribution in [0.1, 0.15) is 20.3 Å². The van der Waals surface area contributed by atoms with Crippen LogP contribution in [-0.4, -0.2) is 60.2 Å². The fourth-order valence-corrected chi connectivity index (χ4v) is 3.80. The van der Waals surface area contributed by atoms with Crippen LogP contribution in [-0.2, 0) is 9.53 Å². The number of rotatable bonds is 2. The summed E-state index contributed by atoms with van der Waals surface area (Å²) in [4.78, 5) is 14.2. The second-order valence-electron chi connectivity index (χ2n) is 4.99. The maximum absolute atomic E-state index is 12.2. The Kier molecular flexibility index (Phi) is 4.70. The highest BCUT2D eigenvalue weighted by molar-refractivity contribution is 8.00. The monoisotopic (exact) mass is 258 g/mol. The molecule has 3 atom stereocenters. The lowest BCUT2D eigenvalue weighted by Crippen LogP contribution is -2.48. The third-order valence-electron chi connectivity index (χ3n) is 3.19. The summed E-state index contributed by atoms with van der Waals surface area (Å²) in [6.07, 6.45) is 0.574. The Hall–Kier alpha value is -0.260. The second-order valence-corrected chi connectivity index (χ2v) is 6.87. The molecule has 0 aliphatic carbocycles. The van der Waals surface area contributed by atoms with Crippen molar-refractivity contribution in [2.45, 2.75) is 36.8 Å². The molecule has 0 aromatic rings. The number of carbonyl (C=O) groups excluding carboxylic acids is 1. The van der Waals surface area contributed by atoms with E-state index in [1.165, 1.54) is 0 Å². The first kappa shape index (κ1) is 13.2. The van der Waals surface area contributed by atoms with Crippen molar-refractivity contribution in [3.8, 4) is 0 Å². The first-order valence-corrected chi connectivity index (χ1v) is 7.34. The lowest BCUT2D eigenvalue weighted by molar-refractivity contribution is -0.132. The van der Waals surface area contributed by atoms with E-state index < -0.39 is 0 Å². The zero-order chi connectivity index (χ0) is 12.3. The summed E-state index contributed by atoms with van der Waals surface area (Å²) in [7, 11) is 0. The van der Waals surface area contributed by atoms with Gasteiger partial charge in [-0.15, -0.1) is 0 Å². The van der Waals surface area contributed by atoms with E-state index in [2.05, 4.69) is 19.2 Å². The second kappa shape index (κ2) is 6.07. The summed E-state index contributed by atoms with van der Waals surface area (Å²) in [5.41, 5.74) is 0. The smallest absolute Gasteiger partial charge is 0.224 e. The Bertz CT molecular complexity index is 259. The van der Waals surface area contributed by atoms with E-state index in [-0.39, 0.29) is 11.9 Å². The molecule has 2 aliphatic heterocycles. The summed E-state index contributed by atoms with van der Waals surface area (Å²) >= 11 is 1.97. The van der Waals surface area contributed by atoms with E-state index in [9.17, 15) is 4.79 Å². The van der Waals surface area contributed by atoms with Crippen molar-refractivity contribution in [3.05, 3.63) is 0 Å². The van der Waals surface area contributed by atoms with E-state index >= 15 is 0 Å². The number of amides is 1. The molecule has 0 spiro atoms. The molecule has 2 saturated heterocycles. The van der Waals surface area contributed by atoms with Crippen LogP contribution in [0.2, 0.25) is 0 Å². The van der Waals surface area contributed by atoms with Gasteiger partial charge in [0, 0.05) is 42.6 Å². The van der Waals surface area contributed by atoms with Crippen molar-refractivity contribution in [1.29, 1.82) is 0 Å². The average Bonchev–Trinajstić information content (AvgIpc) is 2.29. The van der Waals surface area contributed by atoms with Crippen LogP contribution >= 0.6 is 11.8 Å². The predicted molar refractivity (Wildman–Crippen MR) is 70.3 cm³/mol. The Morgan fingerprint density at radius 2 is 2.12 bits per heavy atom.